The van der Waals surface area contributed by atoms with Crippen LogP contribution in [0.15, 0.2) is 41.5 Å². The third kappa shape index (κ3) is 5.93. The molecule has 2 amide bonds. The zero-order valence-electron chi connectivity index (χ0n) is 26.5. The van der Waals surface area contributed by atoms with E-state index in [0.717, 1.165) is 63.1 Å². The number of piperazine rings is 1. The molecule has 0 unspecified atom stereocenters. The standard InChI is InChI=1S/C34H42N6O4/c1-7-8-24-16-22(5)37-33(42)29(24)19-36-32(41)27-17-28(26-9-10-40(20(2)3)30(26)23(27)6)25-15-21(4)31(35-18-25)38-11-13-39(14-12-38)34(43)44/h9-10,15-18,20H,7-8,11-14,19H2,1-6H3,(H,36,41)(H,37,42)(H,43,44). The first-order valence-corrected chi connectivity index (χ1v) is 15.3. The number of nitrogens with one attached hydrogen (secondary N) is 2. The number of aryl methyl sites for hydroxylation is 4. The highest BCUT2D eigenvalue weighted by Gasteiger charge is 2.24. The first-order chi connectivity index (χ1) is 21.0. The molecule has 1 saturated heterocycles. The van der Waals surface area contributed by atoms with Crippen molar-refractivity contribution in [2.75, 3.05) is 31.1 Å². The van der Waals surface area contributed by atoms with Gasteiger partial charge in [0.1, 0.15) is 5.82 Å². The number of H-pyrrole nitrogens is 1. The summed E-state index contributed by atoms with van der Waals surface area (Å²) < 4.78 is 2.19. The van der Waals surface area contributed by atoms with Crippen molar-refractivity contribution in [2.45, 2.75) is 67.0 Å². The summed E-state index contributed by atoms with van der Waals surface area (Å²) in [6.07, 6.45) is 4.68. The van der Waals surface area contributed by atoms with Gasteiger partial charge in [0.2, 0.25) is 0 Å². The fourth-order valence-corrected chi connectivity index (χ4v) is 6.31. The van der Waals surface area contributed by atoms with E-state index in [0.29, 0.717) is 37.3 Å². The lowest BCUT2D eigenvalue weighted by Gasteiger charge is -2.34. The smallest absolute Gasteiger partial charge is 0.407 e. The SMILES string of the molecule is CCCc1cc(C)[nH]c(=O)c1CNC(=O)c1cc(-c2cnc(N3CCN(C(=O)O)CC3)c(C)c2)c2ccn(C(C)C)c2c1C. The Morgan fingerprint density at radius 3 is 2.45 bits per heavy atom. The predicted molar refractivity (Wildman–Crippen MR) is 174 cm³/mol. The first-order valence-electron chi connectivity index (χ1n) is 15.3. The molecule has 0 bridgehead atoms. The van der Waals surface area contributed by atoms with Crippen LogP contribution in [-0.4, -0.2) is 62.7 Å². The number of benzene rings is 1. The Bertz CT molecular complexity index is 1780. The molecule has 4 heterocycles. The zero-order chi connectivity index (χ0) is 31.7. The Hall–Kier alpha value is -4.60. The topological polar surface area (TPSA) is 124 Å². The highest BCUT2D eigenvalue weighted by molar-refractivity contribution is 6.06. The molecule has 0 aliphatic carbocycles. The van der Waals surface area contributed by atoms with Gasteiger partial charge in [-0.2, -0.15) is 0 Å². The minimum absolute atomic E-state index is 0.145. The second kappa shape index (κ2) is 12.6. The van der Waals surface area contributed by atoms with Gasteiger partial charge in [0.15, 0.2) is 0 Å². The van der Waals surface area contributed by atoms with E-state index in [1.165, 1.54) is 4.90 Å². The van der Waals surface area contributed by atoms with Crippen LogP contribution < -0.4 is 15.8 Å². The first kappa shape index (κ1) is 30.8. The third-order valence-corrected chi connectivity index (χ3v) is 8.57. The molecule has 0 spiro atoms. The third-order valence-electron chi connectivity index (χ3n) is 8.57. The summed E-state index contributed by atoms with van der Waals surface area (Å²) in [7, 11) is 0. The van der Waals surface area contributed by atoms with Gasteiger partial charge in [-0.15, -0.1) is 0 Å². The van der Waals surface area contributed by atoms with Crippen LogP contribution in [0.2, 0.25) is 0 Å². The fraction of sp³-hybridized carbons (Fsp3) is 0.412. The molecule has 10 nitrogen and oxygen atoms in total. The molecule has 1 aliphatic rings. The summed E-state index contributed by atoms with van der Waals surface area (Å²) >= 11 is 0. The molecular formula is C34H42N6O4. The number of amides is 2. The number of rotatable bonds is 8. The maximum absolute atomic E-state index is 13.8. The molecule has 3 N–H and O–H groups in total. The van der Waals surface area contributed by atoms with E-state index < -0.39 is 6.09 Å². The summed E-state index contributed by atoms with van der Waals surface area (Å²) in [5, 5.41) is 13.4. The maximum Gasteiger partial charge on any atom is 0.407 e. The molecule has 0 atom stereocenters. The second-order valence-corrected chi connectivity index (χ2v) is 12.0. The molecule has 1 aromatic carbocycles. The van der Waals surface area contributed by atoms with E-state index in [1.807, 2.05) is 39.1 Å². The summed E-state index contributed by atoms with van der Waals surface area (Å²) in [5.74, 6) is 0.605. The van der Waals surface area contributed by atoms with Gasteiger partial charge < -0.3 is 29.8 Å². The molecule has 1 aliphatic heterocycles. The number of carbonyl (C=O) groups is 2. The van der Waals surface area contributed by atoms with Crippen molar-refractivity contribution in [1.29, 1.82) is 0 Å². The van der Waals surface area contributed by atoms with Gasteiger partial charge in [0.05, 0.1) is 5.52 Å². The van der Waals surface area contributed by atoms with Gasteiger partial charge in [0.25, 0.3) is 11.5 Å². The summed E-state index contributed by atoms with van der Waals surface area (Å²) in [6.45, 7) is 14.4. The van der Waals surface area contributed by atoms with Gasteiger partial charge >= 0.3 is 6.09 Å². The monoisotopic (exact) mass is 598 g/mol. The number of nitrogens with zero attached hydrogens (tertiary/aromatic N) is 4. The van der Waals surface area contributed by atoms with Gasteiger partial charge in [-0.3, -0.25) is 9.59 Å². The van der Waals surface area contributed by atoms with Crippen LogP contribution in [0.4, 0.5) is 10.6 Å². The van der Waals surface area contributed by atoms with Crippen LogP contribution >= 0.6 is 0 Å². The summed E-state index contributed by atoms with van der Waals surface area (Å²) in [4.78, 5) is 49.2. The molecule has 0 saturated carbocycles. The number of hydrogen-bond acceptors (Lipinski definition) is 5. The van der Waals surface area contributed by atoms with Crippen LogP contribution in [0.25, 0.3) is 22.0 Å². The molecule has 44 heavy (non-hydrogen) atoms. The van der Waals surface area contributed by atoms with E-state index in [-0.39, 0.29) is 24.1 Å². The second-order valence-electron chi connectivity index (χ2n) is 12.0. The van der Waals surface area contributed by atoms with Crippen molar-refractivity contribution >= 4 is 28.7 Å². The molecule has 3 aromatic heterocycles. The number of fused-ring (bicyclic) bond motifs is 1. The molecule has 1 fully saturated rings. The van der Waals surface area contributed by atoms with Crippen LogP contribution in [0.1, 0.15) is 71.5 Å². The molecular weight excluding hydrogens is 556 g/mol. The van der Waals surface area contributed by atoms with Crippen LogP contribution in [0.3, 0.4) is 0 Å². The van der Waals surface area contributed by atoms with Crippen LogP contribution in [0, 0.1) is 20.8 Å². The number of aromatic amines is 1. The summed E-state index contributed by atoms with van der Waals surface area (Å²) in [5.41, 5.74) is 7.42. The van der Waals surface area contributed by atoms with E-state index in [4.69, 9.17) is 4.98 Å². The quantitative estimate of drug-likeness (QED) is 0.243. The van der Waals surface area contributed by atoms with Crippen molar-refractivity contribution < 1.29 is 14.7 Å². The van der Waals surface area contributed by atoms with Gasteiger partial charge in [-0.1, -0.05) is 13.3 Å². The van der Waals surface area contributed by atoms with Gasteiger partial charge in [-0.05, 0) is 87.6 Å². The van der Waals surface area contributed by atoms with E-state index >= 15 is 0 Å². The number of aromatic nitrogens is 3. The number of anilines is 1. The number of carboxylic acid groups (broad SMARTS) is 1. The van der Waals surface area contributed by atoms with Crippen molar-refractivity contribution in [3.8, 4) is 11.1 Å². The van der Waals surface area contributed by atoms with Crippen molar-refractivity contribution in [3.63, 3.8) is 0 Å². The van der Waals surface area contributed by atoms with E-state index in [1.54, 1.807) is 0 Å². The van der Waals surface area contributed by atoms with E-state index in [2.05, 4.69) is 58.9 Å². The van der Waals surface area contributed by atoms with Crippen molar-refractivity contribution in [1.82, 2.24) is 24.8 Å². The Morgan fingerprint density at radius 2 is 1.82 bits per heavy atom. The average Bonchev–Trinajstić information content (AvgIpc) is 3.43. The zero-order valence-corrected chi connectivity index (χ0v) is 26.5. The molecule has 5 rings (SSSR count). The largest absolute Gasteiger partial charge is 0.465 e. The van der Waals surface area contributed by atoms with Crippen molar-refractivity contribution in [2.24, 2.45) is 0 Å². The molecule has 4 aromatic rings. The maximum atomic E-state index is 13.8. The Morgan fingerprint density at radius 1 is 1.09 bits per heavy atom. The minimum Gasteiger partial charge on any atom is -0.465 e. The lowest BCUT2D eigenvalue weighted by molar-refractivity contribution is 0.0950. The van der Waals surface area contributed by atoms with Gasteiger partial charge in [-0.25, -0.2) is 9.78 Å². The lowest BCUT2D eigenvalue weighted by atomic mass is 9.94. The van der Waals surface area contributed by atoms with Crippen LogP contribution in [-0.2, 0) is 13.0 Å². The highest BCUT2D eigenvalue weighted by Crippen LogP contribution is 2.36. The van der Waals surface area contributed by atoms with Crippen LogP contribution in [0.5, 0.6) is 0 Å². The fourth-order valence-electron chi connectivity index (χ4n) is 6.31. The lowest BCUT2D eigenvalue weighted by Crippen LogP contribution is -2.48. The van der Waals surface area contributed by atoms with Gasteiger partial charge in [0, 0.05) is 78.9 Å². The van der Waals surface area contributed by atoms with Crippen molar-refractivity contribution in [3.05, 3.63) is 80.5 Å². The van der Waals surface area contributed by atoms with E-state index in [9.17, 15) is 19.5 Å². The minimum atomic E-state index is -0.895. The highest BCUT2D eigenvalue weighted by atomic mass is 16.4. The molecule has 0 radical (unpaired) electrons. The Kier molecular flexibility index (Phi) is 8.80. The normalized spacial score (nSPS) is 13.6. The Labute approximate surface area is 257 Å². The number of hydrogen-bond donors (Lipinski definition) is 3. The predicted octanol–water partition coefficient (Wildman–Crippen LogP) is 5.58. The Balaban J connectivity index is 1.51. The summed E-state index contributed by atoms with van der Waals surface area (Å²) in [6, 6.07) is 8.30. The average molecular weight is 599 g/mol. The number of pyridine rings is 2. The molecule has 232 valence electrons. The molecule has 10 heteroatoms. The number of carbonyl (C=O) groups excluding carboxylic acids is 1.